The Bertz CT molecular complexity index is 330. The number of halogens is 1. The molecule has 13 heavy (non-hydrogen) atoms. The van der Waals surface area contributed by atoms with E-state index in [0.29, 0.717) is 11.4 Å². The SMILES string of the molecule is CNc1cc(CC(=O)O)nnc1Cl. The third-order valence-electron chi connectivity index (χ3n) is 1.40. The van der Waals surface area contributed by atoms with Crippen molar-refractivity contribution in [2.24, 2.45) is 0 Å². The summed E-state index contributed by atoms with van der Waals surface area (Å²) in [6.07, 6.45) is -0.154. The molecule has 0 radical (unpaired) electrons. The largest absolute Gasteiger partial charge is 0.481 e. The molecule has 0 aromatic carbocycles. The smallest absolute Gasteiger partial charge is 0.309 e. The van der Waals surface area contributed by atoms with Crippen LogP contribution in [-0.4, -0.2) is 28.3 Å². The summed E-state index contributed by atoms with van der Waals surface area (Å²) in [5.41, 5.74) is 0.953. The highest BCUT2D eigenvalue weighted by Crippen LogP contribution is 2.17. The molecule has 0 saturated heterocycles. The number of aliphatic carboxylic acids is 1. The molecule has 0 spiro atoms. The molecule has 0 fully saturated rings. The summed E-state index contributed by atoms with van der Waals surface area (Å²) in [4.78, 5) is 10.3. The van der Waals surface area contributed by atoms with Crippen molar-refractivity contribution < 1.29 is 9.90 Å². The normalized spacial score (nSPS) is 9.69. The third kappa shape index (κ3) is 2.55. The second kappa shape index (κ2) is 4.04. The minimum Gasteiger partial charge on any atom is -0.481 e. The van der Waals surface area contributed by atoms with E-state index in [-0.39, 0.29) is 11.6 Å². The van der Waals surface area contributed by atoms with Gasteiger partial charge in [0.2, 0.25) is 0 Å². The van der Waals surface area contributed by atoms with Crippen molar-refractivity contribution in [1.29, 1.82) is 0 Å². The van der Waals surface area contributed by atoms with Crippen molar-refractivity contribution in [1.82, 2.24) is 10.2 Å². The predicted octanol–water partition coefficient (Wildman–Crippen LogP) is 0.799. The summed E-state index contributed by atoms with van der Waals surface area (Å²) in [7, 11) is 1.67. The highest BCUT2D eigenvalue weighted by atomic mass is 35.5. The van der Waals surface area contributed by atoms with E-state index in [1.54, 1.807) is 13.1 Å². The molecule has 1 heterocycles. The zero-order valence-corrected chi connectivity index (χ0v) is 7.67. The second-order valence-electron chi connectivity index (χ2n) is 2.36. The molecule has 2 N–H and O–H groups in total. The molecule has 5 nitrogen and oxygen atoms in total. The van der Waals surface area contributed by atoms with Crippen LogP contribution in [0.2, 0.25) is 5.15 Å². The summed E-state index contributed by atoms with van der Waals surface area (Å²) < 4.78 is 0. The van der Waals surface area contributed by atoms with Gasteiger partial charge in [-0.3, -0.25) is 4.79 Å². The minimum absolute atomic E-state index is 0.154. The number of hydrogen-bond donors (Lipinski definition) is 2. The Morgan fingerprint density at radius 1 is 1.69 bits per heavy atom. The van der Waals surface area contributed by atoms with Crippen LogP contribution in [0.3, 0.4) is 0 Å². The molecular weight excluding hydrogens is 194 g/mol. The number of rotatable bonds is 3. The van der Waals surface area contributed by atoms with Gasteiger partial charge < -0.3 is 10.4 Å². The van der Waals surface area contributed by atoms with E-state index in [0.717, 1.165) is 0 Å². The lowest BCUT2D eigenvalue weighted by atomic mass is 10.3. The topological polar surface area (TPSA) is 75.1 Å². The molecule has 0 amide bonds. The van der Waals surface area contributed by atoms with Crippen LogP contribution in [0.5, 0.6) is 0 Å². The van der Waals surface area contributed by atoms with Gasteiger partial charge >= 0.3 is 5.97 Å². The van der Waals surface area contributed by atoms with Gasteiger partial charge in [0.25, 0.3) is 0 Å². The van der Waals surface area contributed by atoms with Gasteiger partial charge in [0.1, 0.15) is 0 Å². The predicted molar refractivity (Wildman–Crippen MR) is 47.9 cm³/mol. The zero-order chi connectivity index (χ0) is 9.84. The lowest BCUT2D eigenvalue weighted by molar-refractivity contribution is -0.136. The molecule has 0 saturated carbocycles. The van der Waals surface area contributed by atoms with Gasteiger partial charge in [-0.15, -0.1) is 5.10 Å². The van der Waals surface area contributed by atoms with Crippen LogP contribution >= 0.6 is 11.6 Å². The Labute approximate surface area is 79.7 Å². The van der Waals surface area contributed by atoms with Gasteiger partial charge in [-0.05, 0) is 6.07 Å². The average Bonchev–Trinajstić information content (AvgIpc) is 2.07. The average molecular weight is 202 g/mol. The molecule has 1 rings (SSSR count). The molecule has 6 heteroatoms. The van der Waals surface area contributed by atoms with E-state index in [2.05, 4.69) is 15.5 Å². The first-order valence-electron chi connectivity index (χ1n) is 3.55. The molecule has 1 aromatic heterocycles. The lowest BCUT2D eigenvalue weighted by Gasteiger charge is -2.02. The molecule has 1 aromatic rings. The maximum Gasteiger partial charge on any atom is 0.309 e. The monoisotopic (exact) mass is 201 g/mol. The Morgan fingerprint density at radius 2 is 2.38 bits per heavy atom. The molecular formula is C7H8ClN3O2. The molecule has 70 valence electrons. The van der Waals surface area contributed by atoms with E-state index in [9.17, 15) is 4.79 Å². The van der Waals surface area contributed by atoms with E-state index in [1.165, 1.54) is 0 Å². The Kier molecular flexibility index (Phi) is 3.02. The van der Waals surface area contributed by atoms with E-state index in [4.69, 9.17) is 16.7 Å². The first-order chi connectivity index (χ1) is 6.13. The molecule has 0 aliphatic rings. The Morgan fingerprint density at radius 3 is 2.92 bits per heavy atom. The van der Waals surface area contributed by atoms with Gasteiger partial charge in [0.15, 0.2) is 5.15 Å². The Balaban J connectivity index is 2.92. The highest BCUT2D eigenvalue weighted by molar-refractivity contribution is 6.31. The first-order valence-corrected chi connectivity index (χ1v) is 3.93. The second-order valence-corrected chi connectivity index (χ2v) is 2.72. The molecule has 0 unspecified atom stereocenters. The van der Waals surface area contributed by atoms with E-state index < -0.39 is 5.97 Å². The number of hydrogen-bond acceptors (Lipinski definition) is 4. The Hall–Kier alpha value is -1.36. The van der Waals surface area contributed by atoms with Crippen LogP contribution < -0.4 is 5.32 Å². The summed E-state index contributed by atoms with van der Waals surface area (Å²) in [5.74, 6) is -0.946. The van der Waals surface area contributed by atoms with Crippen molar-refractivity contribution >= 4 is 23.3 Å². The standard InChI is InChI=1S/C7H8ClN3O2/c1-9-5-2-4(3-6(12)13)10-11-7(5)8/h2H,3H2,1H3,(H,9,10)(H,12,13). The number of aromatic nitrogens is 2. The van der Waals surface area contributed by atoms with Crippen LogP contribution in [0.1, 0.15) is 5.69 Å². The maximum absolute atomic E-state index is 10.3. The zero-order valence-electron chi connectivity index (χ0n) is 6.91. The van der Waals surface area contributed by atoms with Gasteiger partial charge in [0.05, 0.1) is 17.8 Å². The molecule has 0 aliphatic heterocycles. The summed E-state index contributed by atoms with van der Waals surface area (Å²) >= 11 is 5.65. The van der Waals surface area contributed by atoms with Crippen LogP contribution in [0, 0.1) is 0 Å². The molecule has 0 bridgehead atoms. The highest BCUT2D eigenvalue weighted by Gasteiger charge is 2.06. The van der Waals surface area contributed by atoms with E-state index >= 15 is 0 Å². The van der Waals surface area contributed by atoms with E-state index in [1.807, 2.05) is 0 Å². The summed E-state index contributed by atoms with van der Waals surface area (Å²) in [6, 6.07) is 1.56. The molecule has 0 atom stereocenters. The minimum atomic E-state index is -0.946. The number of carbonyl (C=O) groups is 1. The van der Waals surface area contributed by atoms with Crippen molar-refractivity contribution in [3.8, 4) is 0 Å². The van der Waals surface area contributed by atoms with Crippen LogP contribution in [0.4, 0.5) is 5.69 Å². The van der Waals surface area contributed by atoms with Crippen molar-refractivity contribution in [3.05, 3.63) is 16.9 Å². The summed E-state index contributed by atoms with van der Waals surface area (Å²) in [5, 5.41) is 18.7. The number of anilines is 1. The molecule has 0 aliphatic carbocycles. The lowest BCUT2D eigenvalue weighted by Crippen LogP contribution is -2.05. The number of carboxylic acids is 1. The number of carboxylic acid groups (broad SMARTS) is 1. The fraction of sp³-hybridized carbons (Fsp3) is 0.286. The number of nitrogens with one attached hydrogen (secondary N) is 1. The first kappa shape index (κ1) is 9.73. The fourth-order valence-electron chi connectivity index (χ4n) is 0.834. The van der Waals surface area contributed by atoms with Gasteiger partial charge in [-0.2, -0.15) is 5.10 Å². The van der Waals surface area contributed by atoms with Crippen molar-refractivity contribution in [3.63, 3.8) is 0 Å². The fourth-order valence-corrected chi connectivity index (χ4v) is 1.02. The maximum atomic E-state index is 10.3. The third-order valence-corrected chi connectivity index (χ3v) is 1.68. The summed E-state index contributed by atoms with van der Waals surface area (Å²) in [6.45, 7) is 0. The van der Waals surface area contributed by atoms with Crippen molar-refractivity contribution in [2.75, 3.05) is 12.4 Å². The van der Waals surface area contributed by atoms with Gasteiger partial charge in [-0.1, -0.05) is 11.6 Å². The van der Waals surface area contributed by atoms with Gasteiger partial charge in [0, 0.05) is 7.05 Å². The quantitative estimate of drug-likeness (QED) is 0.757. The number of nitrogens with zero attached hydrogens (tertiary/aromatic N) is 2. The van der Waals surface area contributed by atoms with Crippen LogP contribution in [-0.2, 0) is 11.2 Å². The van der Waals surface area contributed by atoms with Gasteiger partial charge in [-0.25, -0.2) is 0 Å². The van der Waals surface area contributed by atoms with Crippen LogP contribution in [0.25, 0.3) is 0 Å². The van der Waals surface area contributed by atoms with Crippen LogP contribution in [0.15, 0.2) is 6.07 Å². The van der Waals surface area contributed by atoms with Crippen molar-refractivity contribution in [2.45, 2.75) is 6.42 Å².